The molecule has 23 heavy (non-hydrogen) atoms. The standard InChI is InChI=1S/C16H17N5O2/c1-11-9-21-14(8-13(18-21)16(22)23)15(17-11)20-7-4-12(10-20)19-5-2-3-6-19/h2-3,5-6,8-9,12H,4,7,10H2,1H3,(H,22,23). The Kier molecular flexibility index (Phi) is 3.07. The fraction of sp³-hybridized carbons (Fsp3) is 0.312. The minimum absolute atomic E-state index is 0.0415. The lowest BCUT2D eigenvalue weighted by Gasteiger charge is -2.19. The molecule has 118 valence electrons. The van der Waals surface area contributed by atoms with Crippen LogP contribution in [0.2, 0.25) is 0 Å². The Morgan fingerprint density at radius 2 is 2.13 bits per heavy atom. The number of hydrogen-bond acceptors (Lipinski definition) is 4. The summed E-state index contributed by atoms with van der Waals surface area (Å²) in [6.45, 7) is 3.64. The third-order valence-electron chi connectivity index (χ3n) is 4.29. The molecule has 0 radical (unpaired) electrons. The first-order chi connectivity index (χ1) is 11.1. The molecule has 3 aromatic rings. The summed E-state index contributed by atoms with van der Waals surface area (Å²) in [6.07, 6.45) is 6.95. The van der Waals surface area contributed by atoms with Crippen LogP contribution in [0.3, 0.4) is 0 Å². The summed E-state index contributed by atoms with van der Waals surface area (Å²) in [6, 6.07) is 6.06. The van der Waals surface area contributed by atoms with Gasteiger partial charge in [-0.3, -0.25) is 0 Å². The lowest BCUT2D eigenvalue weighted by atomic mass is 10.3. The molecule has 3 aromatic heterocycles. The second-order valence-corrected chi connectivity index (χ2v) is 5.89. The van der Waals surface area contributed by atoms with Gasteiger partial charge in [0.2, 0.25) is 0 Å². The van der Waals surface area contributed by atoms with Crippen molar-refractivity contribution in [2.45, 2.75) is 19.4 Å². The highest BCUT2D eigenvalue weighted by atomic mass is 16.4. The van der Waals surface area contributed by atoms with E-state index in [1.54, 1.807) is 16.8 Å². The number of fused-ring (bicyclic) bond motifs is 1. The minimum atomic E-state index is -1.02. The fourth-order valence-corrected chi connectivity index (χ4v) is 3.20. The topological polar surface area (TPSA) is 75.7 Å². The van der Waals surface area contributed by atoms with E-state index in [1.807, 2.05) is 19.1 Å². The molecular weight excluding hydrogens is 294 g/mol. The Morgan fingerprint density at radius 3 is 2.87 bits per heavy atom. The summed E-state index contributed by atoms with van der Waals surface area (Å²) >= 11 is 0. The van der Waals surface area contributed by atoms with Crippen LogP contribution in [-0.4, -0.2) is 43.3 Å². The van der Waals surface area contributed by atoms with Crippen LogP contribution in [0.1, 0.15) is 28.6 Å². The van der Waals surface area contributed by atoms with E-state index < -0.39 is 5.97 Å². The van der Waals surface area contributed by atoms with Crippen LogP contribution in [0.5, 0.6) is 0 Å². The summed E-state index contributed by atoms with van der Waals surface area (Å²) in [5.74, 6) is -0.219. The Labute approximate surface area is 132 Å². The summed E-state index contributed by atoms with van der Waals surface area (Å²) in [5, 5.41) is 13.3. The first kappa shape index (κ1) is 13.8. The van der Waals surface area contributed by atoms with E-state index in [2.05, 4.69) is 31.9 Å². The maximum Gasteiger partial charge on any atom is 0.356 e. The predicted molar refractivity (Wildman–Crippen MR) is 85.0 cm³/mol. The van der Waals surface area contributed by atoms with Gasteiger partial charge in [-0.25, -0.2) is 14.3 Å². The minimum Gasteiger partial charge on any atom is -0.476 e. The summed E-state index contributed by atoms with van der Waals surface area (Å²) in [5.41, 5.74) is 1.60. The van der Waals surface area contributed by atoms with Gasteiger partial charge in [0.05, 0.1) is 17.9 Å². The molecule has 7 heteroatoms. The number of carboxylic acid groups (broad SMARTS) is 1. The SMILES string of the molecule is Cc1cn2nc(C(=O)O)cc2c(N2CCC(n3cccc3)C2)n1. The quantitative estimate of drug-likeness (QED) is 0.800. The highest BCUT2D eigenvalue weighted by Crippen LogP contribution is 2.29. The second-order valence-electron chi connectivity index (χ2n) is 5.89. The van der Waals surface area contributed by atoms with Crippen LogP contribution in [-0.2, 0) is 0 Å². The largest absolute Gasteiger partial charge is 0.476 e. The molecule has 1 aliphatic rings. The number of carboxylic acids is 1. The lowest BCUT2D eigenvalue weighted by molar-refractivity contribution is 0.0690. The molecule has 4 heterocycles. The van der Waals surface area contributed by atoms with Crippen LogP contribution < -0.4 is 4.90 Å². The normalized spacial score (nSPS) is 18.0. The van der Waals surface area contributed by atoms with E-state index in [1.165, 1.54) is 0 Å². The number of carbonyl (C=O) groups is 1. The summed E-state index contributed by atoms with van der Waals surface area (Å²) in [4.78, 5) is 18.0. The second kappa shape index (κ2) is 5.12. The zero-order valence-electron chi connectivity index (χ0n) is 12.8. The number of nitrogens with zero attached hydrogens (tertiary/aromatic N) is 5. The van der Waals surface area contributed by atoms with Crippen LogP contribution in [0.25, 0.3) is 5.52 Å². The molecule has 7 nitrogen and oxygen atoms in total. The molecule has 1 saturated heterocycles. The molecule has 0 spiro atoms. The van der Waals surface area contributed by atoms with E-state index in [4.69, 9.17) is 5.11 Å². The summed E-state index contributed by atoms with van der Waals surface area (Å²) < 4.78 is 3.83. The van der Waals surface area contributed by atoms with Crippen LogP contribution in [0, 0.1) is 6.92 Å². The molecule has 1 aliphatic heterocycles. The molecule has 0 aliphatic carbocycles. The Hall–Kier alpha value is -2.83. The maximum atomic E-state index is 11.2. The Bertz CT molecular complexity index is 868. The third-order valence-corrected chi connectivity index (χ3v) is 4.29. The molecule has 1 atom stereocenters. The number of aromatic nitrogens is 4. The van der Waals surface area contributed by atoms with Gasteiger partial charge in [0, 0.05) is 31.5 Å². The van der Waals surface area contributed by atoms with Crippen molar-refractivity contribution in [1.29, 1.82) is 0 Å². The molecule has 0 amide bonds. The van der Waals surface area contributed by atoms with Gasteiger partial charge in [0.25, 0.3) is 0 Å². The van der Waals surface area contributed by atoms with Gasteiger partial charge in [-0.1, -0.05) is 0 Å². The van der Waals surface area contributed by atoms with Crippen molar-refractivity contribution in [3.05, 3.63) is 48.2 Å². The van der Waals surface area contributed by atoms with Crippen molar-refractivity contribution < 1.29 is 9.90 Å². The molecule has 1 fully saturated rings. The number of aromatic carboxylic acids is 1. The van der Waals surface area contributed by atoms with Crippen molar-refractivity contribution in [2.24, 2.45) is 0 Å². The molecule has 0 saturated carbocycles. The van der Waals surface area contributed by atoms with E-state index in [0.717, 1.165) is 36.5 Å². The Balaban J connectivity index is 1.72. The molecule has 4 rings (SSSR count). The van der Waals surface area contributed by atoms with E-state index >= 15 is 0 Å². The number of aryl methyl sites for hydroxylation is 1. The summed E-state index contributed by atoms with van der Waals surface area (Å²) in [7, 11) is 0. The van der Waals surface area contributed by atoms with Gasteiger partial charge in [-0.2, -0.15) is 5.10 Å². The molecule has 0 bridgehead atoms. The first-order valence-electron chi connectivity index (χ1n) is 7.59. The average molecular weight is 311 g/mol. The van der Waals surface area contributed by atoms with Crippen molar-refractivity contribution in [3.8, 4) is 0 Å². The van der Waals surface area contributed by atoms with Crippen molar-refractivity contribution >= 4 is 17.3 Å². The van der Waals surface area contributed by atoms with Gasteiger partial charge in [0.1, 0.15) is 5.52 Å². The van der Waals surface area contributed by atoms with Gasteiger partial charge in [0.15, 0.2) is 11.5 Å². The van der Waals surface area contributed by atoms with Crippen molar-refractivity contribution in [2.75, 3.05) is 18.0 Å². The van der Waals surface area contributed by atoms with E-state index in [0.29, 0.717) is 6.04 Å². The molecule has 1 unspecified atom stereocenters. The van der Waals surface area contributed by atoms with E-state index in [9.17, 15) is 4.79 Å². The average Bonchev–Trinajstić information content (AvgIpc) is 3.25. The van der Waals surface area contributed by atoms with Crippen LogP contribution in [0.15, 0.2) is 36.8 Å². The van der Waals surface area contributed by atoms with Crippen molar-refractivity contribution in [3.63, 3.8) is 0 Å². The van der Waals surface area contributed by atoms with Crippen molar-refractivity contribution in [1.82, 2.24) is 19.2 Å². The van der Waals surface area contributed by atoms with E-state index in [-0.39, 0.29) is 5.69 Å². The lowest BCUT2D eigenvalue weighted by Crippen LogP contribution is -2.22. The van der Waals surface area contributed by atoms with Crippen LogP contribution in [0.4, 0.5) is 5.82 Å². The van der Waals surface area contributed by atoms with Gasteiger partial charge >= 0.3 is 5.97 Å². The van der Waals surface area contributed by atoms with Gasteiger partial charge in [-0.05, 0) is 25.5 Å². The number of anilines is 1. The Morgan fingerprint density at radius 1 is 1.35 bits per heavy atom. The first-order valence-corrected chi connectivity index (χ1v) is 7.59. The van der Waals surface area contributed by atoms with Gasteiger partial charge in [-0.15, -0.1) is 0 Å². The van der Waals surface area contributed by atoms with Crippen LogP contribution >= 0.6 is 0 Å². The highest BCUT2D eigenvalue weighted by molar-refractivity contribution is 5.88. The predicted octanol–water partition coefficient (Wildman–Crippen LogP) is 1.99. The molecule has 1 N–H and O–H groups in total. The maximum absolute atomic E-state index is 11.2. The molecular formula is C16H17N5O2. The number of hydrogen-bond donors (Lipinski definition) is 1. The fourth-order valence-electron chi connectivity index (χ4n) is 3.20. The molecule has 0 aromatic carbocycles. The highest BCUT2D eigenvalue weighted by Gasteiger charge is 2.26. The number of rotatable bonds is 3. The third kappa shape index (κ3) is 2.34. The van der Waals surface area contributed by atoms with Gasteiger partial charge < -0.3 is 14.6 Å². The monoisotopic (exact) mass is 311 g/mol. The zero-order valence-corrected chi connectivity index (χ0v) is 12.8. The smallest absolute Gasteiger partial charge is 0.356 e. The zero-order chi connectivity index (χ0) is 16.0.